The van der Waals surface area contributed by atoms with E-state index in [1.807, 2.05) is 0 Å². The lowest BCUT2D eigenvalue weighted by Gasteiger charge is -2.31. The lowest BCUT2D eigenvalue weighted by atomic mass is 9.97. The standard InChI is InChI=1S/C14H28N4/c1-16(2)14(17(3)4)15-11-12-7-9-18(10-8-12)13-5-6-13/h12-13H,5-11H2,1-4H3. The minimum atomic E-state index is 0.787. The molecule has 1 heterocycles. The van der Waals surface area contributed by atoms with E-state index in [0.29, 0.717) is 0 Å². The first-order chi connectivity index (χ1) is 8.58. The fraction of sp³-hybridized carbons (Fsp3) is 0.929. The van der Waals surface area contributed by atoms with Crippen molar-refractivity contribution in [2.75, 3.05) is 47.8 Å². The molecule has 18 heavy (non-hydrogen) atoms. The van der Waals surface area contributed by atoms with E-state index in [4.69, 9.17) is 4.99 Å². The first-order valence-electron chi connectivity index (χ1n) is 7.21. The van der Waals surface area contributed by atoms with Crippen LogP contribution in [0.15, 0.2) is 4.99 Å². The van der Waals surface area contributed by atoms with Gasteiger partial charge in [0.1, 0.15) is 0 Å². The molecule has 0 amide bonds. The number of hydrogen-bond donors (Lipinski definition) is 0. The van der Waals surface area contributed by atoms with Crippen LogP contribution in [0.25, 0.3) is 0 Å². The second kappa shape index (κ2) is 5.91. The molecule has 0 spiro atoms. The summed E-state index contributed by atoms with van der Waals surface area (Å²) >= 11 is 0. The van der Waals surface area contributed by atoms with Crippen molar-refractivity contribution in [1.29, 1.82) is 0 Å². The van der Waals surface area contributed by atoms with Crippen LogP contribution in [0.3, 0.4) is 0 Å². The zero-order valence-electron chi connectivity index (χ0n) is 12.4. The van der Waals surface area contributed by atoms with Gasteiger partial charge in [-0.1, -0.05) is 0 Å². The van der Waals surface area contributed by atoms with E-state index in [1.54, 1.807) is 0 Å². The summed E-state index contributed by atoms with van der Waals surface area (Å²) in [5.41, 5.74) is 0. The van der Waals surface area contributed by atoms with Crippen LogP contribution in [0.5, 0.6) is 0 Å². The van der Waals surface area contributed by atoms with Crippen molar-refractivity contribution in [2.45, 2.75) is 31.7 Å². The summed E-state index contributed by atoms with van der Waals surface area (Å²) in [7, 11) is 8.26. The molecule has 0 radical (unpaired) electrons. The van der Waals surface area contributed by atoms with Crippen molar-refractivity contribution in [3.8, 4) is 0 Å². The maximum atomic E-state index is 4.78. The van der Waals surface area contributed by atoms with Crippen LogP contribution in [-0.2, 0) is 0 Å². The van der Waals surface area contributed by atoms with Gasteiger partial charge in [0.05, 0.1) is 0 Å². The molecule has 0 aromatic carbocycles. The zero-order chi connectivity index (χ0) is 13.1. The molecule has 0 aromatic rings. The maximum absolute atomic E-state index is 4.78. The van der Waals surface area contributed by atoms with E-state index in [0.717, 1.165) is 24.5 Å². The average molecular weight is 252 g/mol. The Balaban J connectivity index is 1.77. The predicted octanol–water partition coefficient (Wildman–Crippen LogP) is 1.34. The summed E-state index contributed by atoms with van der Waals surface area (Å²) < 4.78 is 0. The first-order valence-corrected chi connectivity index (χ1v) is 7.21. The Bertz CT molecular complexity index is 276. The van der Waals surface area contributed by atoms with Gasteiger partial charge in [-0.2, -0.15) is 0 Å². The van der Waals surface area contributed by atoms with Crippen molar-refractivity contribution in [2.24, 2.45) is 10.9 Å². The number of hydrogen-bond acceptors (Lipinski definition) is 2. The number of nitrogens with zero attached hydrogens (tertiary/aromatic N) is 4. The number of piperidine rings is 1. The number of likely N-dealkylation sites (tertiary alicyclic amines) is 1. The molecular formula is C14H28N4. The molecule has 104 valence electrons. The van der Waals surface area contributed by atoms with Crippen LogP contribution in [-0.4, -0.2) is 74.5 Å². The summed E-state index contributed by atoms with van der Waals surface area (Å²) in [6.45, 7) is 3.58. The third kappa shape index (κ3) is 3.61. The average Bonchev–Trinajstić information content (AvgIpc) is 3.13. The van der Waals surface area contributed by atoms with Gasteiger partial charge in [0.15, 0.2) is 5.96 Å². The largest absolute Gasteiger partial charge is 0.349 e. The van der Waals surface area contributed by atoms with Crippen molar-refractivity contribution >= 4 is 5.96 Å². The molecule has 0 unspecified atom stereocenters. The summed E-state index contributed by atoms with van der Waals surface area (Å²) in [5.74, 6) is 1.87. The molecule has 0 bridgehead atoms. The molecule has 0 atom stereocenters. The van der Waals surface area contributed by atoms with Crippen LogP contribution < -0.4 is 0 Å². The smallest absolute Gasteiger partial charge is 0.195 e. The highest BCUT2D eigenvalue weighted by Crippen LogP contribution is 2.30. The quantitative estimate of drug-likeness (QED) is 0.559. The van der Waals surface area contributed by atoms with Gasteiger partial charge < -0.3 is 14.7 Å². The van der Waals surface area contributed by atoms with Gasteiger partial charge in [0, 0.05) is 40.8 Å². The van der Waals surface area contributed by atoms with Crippen molar-refractivity contribution in [1.82, 2.24) is 14.7 Å². The first kappa shape index (κ1) is 13.7. The van der Waals surface area contributed by atoms with E-state index >= 15 is 0 Å². The number of rotatable bonds is 3. The van der Waals surface area contributed by atoms with Crippen molar-refractivity contribution in [3.05, 3.63) is 0 Å². The fourth-order valence-corrected chi connectivity index (χ4v) is 2.83. The van der Waals surface area contributed by atoms with Gasteiger partial charge in [-0.25, -0.2) is 0 Å². The van der Waals surface area contributed by atoms with Gasteiger partial charge in [0.2, 0.25) is 0 Å². The van der Waals surface area contributed by atoms with Crippen molar-refractivity contribution in [3.63, 3.8) is 0 Å². The topological polar surface area (TPSA) is 22.1 Å². The Hall–Kier alpha value is -0.770. The molecular weight excluding hydrogens is 224 g/mol. The van der Waals surface area contributed by atoms with Gasteiger partial charge in [-0.15, -0.1) is 0 Å². The Labute approximate surface area is 112 Å². The normalized spacial score (nSPS) is 21.8. The van der Waals surface area contributed by atoms with Crippen LogP contribution in [0.2, 0.25) is 0 Å². The zero-order valence-corrected chi connectivity index (χ0v) is 12.4. The van der Waals surface area contributed by atoms with E-state index in [2.05, 4.69) is 42.9 Å². The Morgan fingerprint density at radius 3 is 2.00 bits per heavy atom. The molecule has 0 aromatic heterocycles. The highest BCUT2D eigenvalue weighted by molar-refractivity contribution is 5.79. The molecule has 2 fully saturated rings. The molecule has 4 heteroatoms. The highest BCUT2D eigenvalue weighted by Gasteiger charge is 2.31. The minimum absolute atomic E-state index is 0.787. The third-order valence-corrected chi connectivity index (χ3v) is 4.00. The van der Waals surface area contributed by atoms with Gasteiger partial charge in [-0.05, 0) is 44.7 Å². The molecule has 1 aliphatic heterocycles. The predicted molar refractivity (Wildman–Crippen MR) is 77.0 cm³/mol. The van der Waals surface area contributed by atoms with Crippen molar-refractivity contribution < 1.29 is 0 Å². The van der Waals surface area contributed by atoms with Gasteiger partial charge in [0.25, 0.3) is 0 Å². The second-order valence-electron chi connectivity index (χ2n) is 6.14. The summed E-state index contributed by atoms with van der Waals surface area (Å²) in [6, 6.07) is 0.938. The lowest BCUT2D eigenvalue weighted by molar-refractivity contribution is 0.179. The van der Waals surface area contributed by atoms with Crippen LogP contribution >= 0.6 is 0 Å². The molecule has 0 N–H and O–H groups in total. The summed E-state index contributed by atoms with van der Waals surface area (Å²) in [5, 5.41) is 0. The number of aliphatic imine (C=N–C) groups is 1. The Morgan fingerprint density at radius 1 is 1.00 bits per heavy atom. The minimum Gasteiger partial charge on any atom is -0.349 e. The fourth-order valence-electron chi connectivity index (χ4n) is 2.83. The van der Waals surface area contributed by atoms with Gasteiger partial charge >= 0.3 is 0 Å². The Kier molecular flexibility index (Phi) is 4.49. The van der Waals surface area contributed by atoms with Gasteiger partial charge in [-0.3, -0.25) is 4.99 Å². The van der Waals surface area contributed by atoms with Crippen LogP contribution in [0.1, 0.15) is 25.7 Å². The highest BCUT2D eigenvalue weighted by atomic mass is 15.3. The molecule has 2 rings (SSSR count). The Morgan fingerprint density at radius 2 is 1.56 bits per heavy atom. The molecule has 1 saturated heterocycles. The SMILES string of the molecule is CN(C)C(=NCC1CCN(C2CC2)CC1)N(C)C. The lowest BCUT2D eigenvalue weighted by Crippen LogP contribution is -2.38. The third-order valence-electron chi connectivity index (χ3n) is 4.00. The van der Waals surface area contributed by atoms with E-state index < -0.39 is 0 Å². The van der Waals surface area contributed by atoms with E-state index in [-0.39, 0.29) is 0 Å². The van der Waals surface area contributed by atoms with E-state index in [1.165, 1.54) is 38.8 Å². The molecule has 1 aliphatic carbocycles. The molecule has 2 aliphatic rings. The van der Waals surface area contributed by atoms with Crippen LogP contribution in [0, 0.1) is 5.92 Å². The van der Waals surface area contributed by atoms with Crippen LogP contribution in [0.4, 0.5) is 0 Å². The maximum Gasteiger partial charge on any atom is 0.195 e. The summed E-state index contributed by atoms with van der Waals surface area (Å²) in [4.78, 5) is 11.7. The number of guanidine groups is 1. The van der Waals surface area contributed by atoms with E-state index in [9.17, 15) is 0 Å². The molecule has 4 nitrogen and oxygen atoms in total. The molecule has 1 saturated carbocycles. The second-order valence-corrected chi connectivity index (χ2v) is 6.14. The summed E-state index contributed by atoms with van der Waals surface area (Å²) in [6.07, 6.45) is 5.53. The monoisotopic (exact) mass is 252 g/mol.